The molecule has 1 aromatic rings. The Labute approximate surface area is 92.3 Å². The molecule has 1 aliphatic heterocycles. The van der Waals surface area contributed by atoms with Crippen molar-refractivity contribution in [3.05, 3.63) is 15.6 Å². The lowest BCUT2D eigenvalue weighted by Crippen LogP contribution is -2.43. The minimum atomic E-state index is -0.0489. The minimum Gasteiger partial charge on any atom is -0.319 e. The molecule has 0 amide bonds. The first kappa shape index (κ1) is 9.19. The van der Waals surface area contributed by atoms with Gasteiger partial charge < -0.3 is 5.73 Å². The largest absolute Gasteiger partial charge is 0.319 e. The van der Waals surface area contributed by atoms with E-state index in [-0.39, 0.29) is 5.54 Å². The number of nitrogens with zero attached hydrogens (tertiary/aromatic N) is 1. The van der Waals surface area contributed by atoms with Crippen LogP contribution in [0.3, 0.4) is 0 Å². The molecule has 2 heterocycles. The van der Waals surface area contributed by atoms with Gasteiger partial charge in [0.1, 0.15) is 5.01 Å². The third-order valence-corrected chi connectivity index (χ3v) is 5.65. The predicted octanol–water partition coefficient (Wildman–Crippen LogP) is 2.27. The highest BCUT2D eigenvalue weighted by Gasteiger charge is 2.38. The summed E-state index contributed by atoms with van der Waals surface area (Å²) in [5, 5.41) is 1.20. The van der Waals surface area contributed by atoms with Gasteiger partial charge >= 0.3 is 0 Å². The summed E-state index contributed by atoms with van der Waals surface area (Å²) in [6, 6.07) is 0. The second kappa shape index (κ2) is 3.22. The van der Waals surface area contributed by atoms with Crippen molar-refractivity contribution >= 4 is 23.1 Å². The number of hydrogen-bond acceptors (Lipinski definition) is 4. The third kappa shape index (κ3) is 1.32. The van der Waals surface area contributed by atoms with Crippen molar-refractivity contribution < 1.29 is 0 Å². The molecule has 1 aliphatic carbocycles. The van der Waals surface area contributed by atoms with Crippen molar-refractivity contribution in [2.24, 2.45) is 5.73 Å². The Kier molecular flexibility index (Phi) is 2.11. The molecule has 3 rings (SSSR count). The van der Waals surface area contributed by atoms with Crippen molar-refractivity contribution in [3.8, 4) is 0 Å². The second-order valence-corrected chi connectivity index (χ2v) is 6.39. The number of rotatable bonds is 1. The van der Waals surface area contributed by atoms with Crippen LogP contribution in [-0.4, -0.2) is 10.7 Å². The van der Waals surface area contributed by atoms with E-state index >= 15 is 0 Å². The summed E-state index contributed by atoms with van der Waals surface area (Å²) in [5.74, 6) is 2.39. The monoisotopic (exact) mass is 226 g/mol. The van der Waals surface area contributed by atoms with Gasteiger partial charge in [-0.15, -0.1) is 11.3 Å². The van der Waals surface area contributed by atoms with E-state index < -0.39 is 0 Å². The molecule has 2 N–H and O–H groups in total. The van der Waals surface area contributed by atoms with Crippen LogP contribution >= 0.6 is 23.1 Å². The summed E-state index contributed by atoms with van der Waals surface area (Å²) in [6.45, 7) is 0. The van der Waals surface area contributed by atoms with Crippen LogP contribution in [0.15, 0.2) is 0 Å². The molecule has 4 heteroatoms. The Hall–Kier alpha value is -0.0600. The first-order valence-corrected chi connectivity index (χ1v) is 7.11. The lowest BCUT2D eigenvalue weighted by molar-refractivity contribution is 0.252. The average Bonchev–Trinajstić information content (AvgIpc) is 2.57. The van der Waals surface area contributed by atoms with Crippen molar-refractivity contribution in [2.75, 3.05) is 5.75 Å². The van der Waals surface area contributed by atoms with Crippen molar-refractivity contribution in [1.82, 2.24) is 4.98 Å². The molecular formula is C10H14N2S2. The lowest BCUT2D eigenvalue weighted by atomic mass is 9.78. The van der Waals surface area contributed by atoms with Gasteiger partial charge in [0, 0.05) is 10.6 Å². The maximum absolute atomic E-state index is 6.28. The van der Waals surface area contributed by atoms with Crippen LogP contribution in [0, 0.1) is 0 Å². The normalized spacial score (nSPS) is 24.1. The summed E-state index contributed by atoms with van der Waals surface area (Å²) in [5.41, 5.74) is 7.56. The third-order valence-electron chi connectivity index (χ3n) is 3.17. The van der Waals surface area contributed by atoms with E-state index in [1.165, 1.54) is 27.8 Å². The van der Waals surface area contributed by atoms with Crippen LogP contribution in [0.4, 0.5) is 0 Å². The summed E-state index contributed by atoms with van der Waals surface area (Å²) in [4.78, 5) is 6.20. The van der Waals surface area contributed by atoms with E-state index in [0.29, 0.717) is 0 Å². The van der Waals surface area contributed by atoms with E-state index in [0.717, 1.165) is 25.0 Å². The maximum Gasteiger partial charge on any atom is 0.113 e. The summed E-state index contributed by atoms with van der Waals surface area (Å²) in [6.07, 6.45) is 4.68. The van der Waals surface area contributed by atoms with Gasteiger partial charge in [-0.25, -0.2) is 4.98 Å². The highest BCUT2D eigenvalue weighted by molar-refractivity contribution is 7.98. The molecule has 14 heavy (non-hydrogen) atoms. The molecule has 76 valence electrons. The summed E-state index contributed by atoms with van der Waals surface area (Å²) in [7, 11) is 0. The first-order valence-electron chi connectivity index (χ1n) is 5.14. The molecule has 1 aromatic heterocycles. The average molecular weight is 226 g/mol. The van der Waals surface area contributed by atoms with Gasteiger partial charge in [0.05, 0.1) is 11.2 Å². The quantitative estimate of drug-likeness (QED) is 0.798. The number of aryl methyl sites for hydroxylation is 1. The van der Waals surface area contributed by atoms with Crippen molar-refractivity contribution in [3.63, 3.8) is 0 Å². The number of nitrogens with two attached hydrogens (primary N) is 1. The second-order valence-electron chi connectivity index (χ2n) is 4.20. The number of aromatic nitrogens is 1. The number of hydrogen-bond donors (Lipinski definition) is 1. The van der Waals surface area contributed by atoms with Gasteiger partial charge in [-0.3, -0.25) is 0 Å². The molecule has 0 saturated heterocycles. The summed E-state index contributed by atoms with van der Waals surface area (Å²) >= 11 is 3.88. The van der Waals surface area contributed by atoms with Crippen LogP contribution in [0.5, 0.6) is 0 Å². The Morgan fingerprint density at radius 3 is 2.86 bits per heavy atom. The molecule has 2 nitrogen and oxygen atoms in total. The van der Waals surface area contributed by atoms with Crippen LogP contribution in [0.1, 0.15) is 34.8 Å². The Morgan fingerprint density at radius 1 is 1.36 bits per heavy atom. The fraction of sp³-hybridized carbons (Fsp3) is 0.700. The molecule has 0 spiro atoms. The van der Waals surface area contributed by atoms with Gasteiger partial charge in [-0.05, 0) is 31.4 Å². The van der Waals surface area contributed by atoms with Crippen molar-refractivity contribution in [1.29, 1.82) is 0 Å². The Balaban J connectivity index is 1.95. The SMILES string of the molecule is NC1(c2nc3c(s2)CSCC3)CCC1. The van der Waals surface area contributed by atoms with Crippen LogP contribution in [0.25, 0.3) is 0 Å². The number of thiazole rings is 1. The molecule has 2 aliphatic rings. The van der Waals surface area contributed by atoms with Crippen LogP contribution in [0.2, 0.25) is 0 Å². The minimum absolute atomic E-state index is 0.0489. The number of thioether (sulfide) groups is 1. The molecule has 0 unspecified atom stereocenters. The fourth-order valence-electron chi connectivity index (χ4n) is 2.01. The molecule has 1 fully saturated rings. The van der Waals surface area contributed by atoms with Gasteiger partial charge in [-0.2, -0.15) is 11.8 Å². The summed E-state index contributed by atoms with van der Waals surface area (Å²) < 4.78 is 0. The molecule has 0 atom stereocenters. The highest BCUT2D eigenvalue weighted by Crippen LogP contribution is 2.42. The molecular weight excluding hydrogens is 212 g/mol. The number of fused-ring (bicyclic) bond motifs is 1. The molecule has 0 aromatic carbocycles. The maximum atomic E-state index is 6.28. The zero-order chi connectivity index (χ0) is 9.60. The topological polar surface area (TPSA) is 38.9 Å². The van der Waals surface area contributed by atoms with Crippen molar-refractivity contribution in [2.45, 2.75) is 37.0 Å². The standard InChI is InChI=1S/C10H14N2S2/c11-10(3-1-4-10)9-12-7-2-5-13-6-8(7)14-9/h1-6,11H2. The molecule has 0 bridgehead atoms. The Morgan fingerprint density at radius 2 is 2.21 bits per heavy atom. The fourth-order valence-corrected chi connectivity index (χ4v) is 4.39. The van der Waals surface area contributed by atoms with E-state index in [1.807, 2.05) is 23.1 Å². The molecule has 1 saturated carbocycles. The first-order chi connectivity index (χ1) is 6.78. The van der Waals surface area contributed by atoms with Crippen LogP contribution in [-0.2, 0) is 17.7 Å². The Bertz CT molecular complexity index is 332. The zero-order valence-corrected chi connectivity index (χ0v) is 9.72. The van der Waals surface area contributed by atoms with Gasteiger partial charge in [0.15, 0.2) is 0 Å². The van der Waals surface area contributed by atoms with Gasteiger partial charge in [0.25, 0.3) is 0 Å². The molecule has 0 radical (unpaired) electrons. The lowest BCUT2D eigenvalue weighted by Gasteiger charge is -2.35. The predicted molar refractivity (Wildman–Crippen MR) is 61.7 cm³/mol. The van der Waals surface area contributed by atoms with E-state index in [1.54, 1.807) is 0 Å². The van der Waals surface area contributed by atoms with E-state index in [4.69, 9.17) is 10.7 Å². The van der Waals surface area contributed by atoms with E-state index in [2.05, 4.69) is 0 Å². The van der Waals surface area contributed by atoms with E-state index in [9.17, 15) is 0 Å². The van der Waals surface area contributed by atoms with Crippen LogP contribution < -0.4 is 5.73 Å². The van der Waals surface area contributed by atoms with Gasteiger partial charge in [-0.1, -0.05) is 0 Å². The van der Waals surface area contributed by atoms with Gasteiger partial charge in [0.2, 0.25) is 0 Å². The smallest absolute Gasteiger partial charge is 0.113 e. The highest BCUT2D eigenvalue weighted by atomic mass is 32.2. The zero-order valence-electron chi connectivity index (χ0n) is 8.08.